The summed E-state index contributed by atoms with van der Waals surface area (Å²) in [6, 6.07) is 8.16. The van der Waals surface area contributed by atoms with E-state index in [0.29, 0.717) is 6.67 Å². The Morgan fingerprint density at radius 3 is 2.68 bits per heavy atom. The van der Waals surface area contributed by atoms with Gasteiger partial charge < -0.3 is 5.32 Å². The van der Waals surface area contributed by atoms with Crippen molar-refractivity contribution in [1.82, 2.24) is 20.1 Å². The van der Waals surface area contributed by atoms with Crippen molar-refractivity contribution < 1.29 is 9.59 Å². The summed E-state index contributed by atoms with van der Waals surface area (Å²) in [5.41, 5.74) is 0.375. The molecule has 1 saturated carbocycles. The van der Waals surface area contributed by atoms with E-state index in [4.69, 9.17) is 4.98 Å². The van der Waals surface area contributed by atoms with Crippen molar-refractivity contribution in [3.05, 3.63) is 29.3 Å². The second-order valence-electron chi connectivity index (χ2n) is 8.29. The molecule has 28 heavy (non-hydrogen) atoms. The first kappa shape index (κ1) is 18.1. The number of hydrogen-bond acceptors (Lipinski definition) is 5. The van der Waals surface area contributed by atoms with Crippen molar-refractivity contribution in [3.63, 3.8) is 0 Å². The molecule has 2 aliphatic heterocycles. The van der Waals surface area contributed by atoms with E-state index in [2.05, 4.69) is 16.3 Å². The Kier molecular flexibility index (Phi) is 4.59. The maximum atomic E-state index is 13.2. The number of urea groups is 1. The van der Waals surface area contributed by atoms with E-state index < -0.39 is 5.54 Å². The van der Waals surface area contributed by atoms with Gasteiger partial charge in [-0.3, -0.25) is 9.69 Å². The summed E-state index contributed by atoms with van der Waals surface area (Å²) in [6.45, 7) is 1.26. The Bertz CT molecular complexity index is 870. The Morgan fingerprint density at radius 2 is 1.89 bits per heavy atom. The SMILES string of the molecule is O=C1NC2(CCCCCC2)C(=O)N1CN1CCC[C@H]1c1nc2ccccc2s1. The molecule has 0 bridgehead atoms. The van der Waals surface area contributed by atoms with Gasteiger partial charge in [0.05, 0.1) is 22.9 Å². The van der Waals surface area contributed by atoms with E-state index in [9.17, 15) is 9.59 Å². The Morgan fingerprint density at radius 1 is 1.11 bits per heavy atom. The predicted molar refractivity (Wildman–Crippen MR) is 109 cm³/mol. The molecule has 1 N–H and O–H groups in total. The van der Waals surface area contributed by atoms with Crippen molar-refractivity contribution in [1.29, 1.82) is 0 Å². The second kappa shape index (κ2) is 7.12. The Labute approximate surface area is 168 Å². The molecule has 1 atom stereocenters. The van der Waals surface area contributed by atoms with Crippen LogP contribution >= 0.6 is 11.3 Å². The highest BCUT2D eigenvalue weighted by Gasteiger charge is 2.51. The van der Waals surface area contributed by atoms with E-state index in [1.807, 2.05) is 18.2 Å². The number of para-hydroxylation sites is 1. The third kappa shape index (κ3) is 3.01. The molecular formula is C21H26N4O2S. The molecule has 3 heterocycles. The van der Waals surface area contributed by atoms with Gasteiger partial charge in [0.25, 0.3) is 5.91 Å². The van der Waals surface area contributed by atoms with E-state index in [1.165, 1.54) is 9.60 Å². The monoisotopic (exact) mass is 398 g/mol. The quantitative estimate of drug-likeness (QED) is 0.793. The molecule has 1 aromatic heterocycles. The van der Waals surface area contributed by atoms with E-state index in [-0.39, 0.29) is 18.0 Å². The number of carbonyl (C=O) groups excluding carboxylic acids is 2. The number of benzene rings is 1. The van der Waals surface area contributed by atoms with Crippen LogP contribution in [0.15, 0.2) is 24.3 Å². The van der Waals surface area contributed by atoms with Gasteiger partial charge in [0.2, 0.25) is 0 Å². The number of fused-ring (bicyclic) bond motifs is 1. The summed E-state index contributed by atoms with van der Waals surface area (Å²) < 4.78 is 1.19. The minimum Gasteiger partial charge on any atom is -0.323 e. The van der Waals surface area contributed by atoms with Crippen LogP contribution in [0.3, 0.4) is 0 Å². The maximum absolute atomic E-state index is 13.2. The van der Waals surface area contributed by atoms with Crippen LogP contribution in [0.1, 0.15) is 62.4 Å². The highest BCUT2D eigenvalue weighted by molar-refractivity contribution is 7.18. The van der Waals surface area contributed by atoms with Crippen molar-refractivity contribution >= 4 is 33.5 Å². The molecule has 1 spiro atoms. The molecule has 2 saturated heterocycles. The molecule has 2 aromatic rings. The third-order valence-corrected chi connectivity index (χ3v) is 7.62. The van der Waals surface area contributed by atoms with Crippen molar-refractivity contribution in [2.45, 2.75) is 62.9 Å². The van der Waals surface area contributed by atoms with Gasteiger partial charge in [0, 0.05) is 6.54 Å². The van der Waals surface area contributed by atoms with Crippen LogP contribution in [0.2, 0.25) is 0 Å². The Hall–Kier alpha value is -1.99. The molecule has 5 rings (SSSR count). The largest absolute Gasteiger partial charge is 0.326 e. The molecule has 6 nitrogen and oxygen atoms in total. The average Bonchev–Trinajstić information content (AvgIpc) is 3.32. The van der Waals surface area contributed by atoms with Crippen molar-refractivity contribution in [3.8, 4) is 0 Å². The lowest BCUT2D eigenvalue weighted by Crippen LogP contribution is -2.47. The number of thiazole rings is 1. The number of aromatic nitrogens is 1. The zero-order chi connectivity index (χ0) is 19.1. The van der Waals surface area contributed by atoms with Crippen LogP contribution in [0.4, 0.5) is 4.79 Å². The fourth-order valence-corrected chi connectivity index (χ4v) is 6.10. The molecule has 3 fully saturated rings. The molecule has 1 aliphatic carbocycles. The van der Waals surface area contributed by atoms with Crippen LogP contribution in [0, 0.1) is 0 Å². The van der Waals surface area contributed by atoms with Crippen LogP contribution in [0.25, 0.3) is 10.2 Å². The molecule has 0 unspecified atom stereocenters. The fraction of sp³-hybridized carbons (Fsp3) is 0.571. The van der Waals surface area contributed by atoms with Gasteiger partial charge in [-0.1, -0.05) is 37.8 Å². The first-order chi connectivity index (χ1) is 13.7. The van der Waals surface area contributed by atoms with Gasteiger partial charge in [-0.2, -0.15) is 0 Å². The van der Waals surface area contributed by atoms with Gasteiger partial charge in [-0.05, 0) is 37.8 Å². The van der Waals surface area contributed by atoms with Crippen LogP contribution in [-0.2, 0) is 4.79 Å². The van der Waals surface area contributed by atoms with Gasteiger partial charge in [0.15, 0.2) is 0 Å². The zero-order valence-corrected chi connectivity index (χ0v) is 16.8. The van der Waals surface area contributed by atoms with Gasteiger partial charge >= 0.3 is 6.03 Å². The first-order valence-corrected chi connectivity index (χ1v) is 11.2. The topological polar surface area (TPSA) is 65.5 Å². The summed E-state index contributed by atoms with van der Waals surface area (Å²) in [6.07, 6.45) is 7.96. The summed E-state index contributed by atoms with van der Waals surface area (Å²) in [4.78, 5) is 34.5. The smallest absolute Gasteiger partial charge is 0.323 e. The minimum absolute atomic E-state index is 0.0191. The van der Waals surface area contributed by atoms with Crippen molar-refractivity contribution in [2.75, 3.05) is 13.2 Å². The lowest BCUT2D eigenvalue weighted by atomic mass is 9.90. The average molecular weight is 399 g/mol. The number of imide groups is 1. The molecule has 7 heteroatoms. The summed E-state index contributed by atoms with van der Waals surface area (Å²) in [7, 11) is 0. The van der Waals surface area contributed by atoms with Crippen LogP contribution in [0.5, 0.6) is 0 Å². The highest BCUT2D eigenvalue weighted by Crippen LogP contribution is 2.38. The highest BCUT2D eigenvalue weighted by atomic mass is 32.1. The maximum Gasteiger partial charge on any atom is 0.326 e. The standard InChI is InChI=1S/C21H26N4O2S/c26-19-21(11-5-1-2-6-12-21)23-20(27)25(19)14-24-13-7-9-16(24)18-22-15-8-3-4-10-17(15)28-18/h3-4,8,10,16H,1-2,5-7,9,11-14H2,(H,23,27)/t16-/m0/s1. The number of nitrogens with zero attached hydrogens (tertiary/aromatic N) is 3. The predicted octanol–water partition coefficient (Wildman–Crippen LogP) is 4.04. The molecule has 1 aromatic carbocycles. The number of amides is 3. The van der Waals surface area contributed by atoms with E-state index >= 15 is 0 Å². The van der Waals surface area contributed by atoms with Crippen LogP contribution < -0.4 is 5.32 Å². The molecule has 148 valence electrons. The Balaban J connectivity index is 1.36. The van der Waals surface area contributed by atoms with E-state index in [0.717, 1.165) is 68.4 Å². The summed E-state index contributed by atoms with van der Waals surface area (Å²) in [5, 5.41) is 4.15. The lowest BCUT2D eigenvalue weighted by molar-refractivity contribution is -0.133. The zero-order valence-electron chi connectivity index (χ0n) is 16.0. The molecule has 3 amide bonds. The van der Waals surface area contributed by atoms with Gasteiger partial charge in [-0.15, -0.1) is 11.3 Å². The number of nitrogens with one attached hydrogen (secondary N) is 1. The number of carbonyl (C=O) groups is 2. The normalized spacial score (nSPS) is 25.6. The fourth-order valence-electron chi connectivity index (χ4n) is 4.96. The minimum atomic E-state index is -0.654. The number of likely N-dealkylation sites (tertiary alicyclic amines) is 1. The van der Waals surface area contributed by atoms with Gasteiger partial charge in [0.1, 0.15) is 10.5 Å². The number of hydrogen-bond donors (Lipinski definition) is 1. The number of rotatable bonds is 3. The molecule has 0 radical (unpaired) electrons. The first-order valence-electron chi connectivity index (χ1n) is 10.4. The van der Waals surface area contributed by atoms with Gasteiger partial charge in [-0.25, -0.2) is 14.7 Å². The second-order valence-corrected chi connectivity index (χ2v) is 9.35. The summed E-state index contributed by atoms with van der Waals surface area (Å²) >= 11 is 1.73. The van der Waals surface area contributed by atoms with Crippen molar-refractivity contribution in [2.24, 2.45) is 0 Å². The lowest BCUT2D eigenvalue weighted by Gasteiger charge is -2.28. The molecule has 3 aliphatic rings. The van der Waals surface area contributed by atoms with E-state index in [1.54, 1.807) is 11.3 Å². The van der Waals surface area contributed by atoms with Crippen LogP contribution in [-0.4, -0.2) is 45.5 Å². The molecular weight excluding hydrogens is 372 g/mol. The third-order valence-electron chi connectivity index (χ3n) is 6.49. The summed E-state index contributed by atoms with van der Waals surface area (Å²) in [5.74, 6) is -0.0191.